The van der Waals surface area contributed by atoms with Crippen LogP contribution >= 0.6 is 15.9 Å². The van der Waals surface area contributed by atoms with E-state index in [-0.39, 0.29) is 18.1 Å². The van der Waals surface area contributed by atoms with Crippen LogP contribution in [0.4, 0.5) is 4.79 Å². The summed E-state index contributed by atoms with van der Waals surface area (Å²) in [7, 11) is 0. The first-order valence-electron chi connectivity index (χ1n) is 5.40. The van der Waals surface area contributed by atoms with Gasteiger partial charge in [0.1, 0.15) is 0 Å². The van der Waals surface area contributed by atoms with Crippen molar-refractivity contribution in [1.29, 1.82) is 0 Å². The van der Waals surface area contributed by atoms with Crippen LogP contribution in [0.5, 0.6) is 0 Å². The maximum atomic E-state index is 11.7. The predicted molar refractivity (Wildman–Crippen MR) is 67.3 cm³/mol. The maximum Gasteiger partial charge on any atom is 0.318 e. The number of rotatable bonds is 2. The summed E-state index contributed by atoms with van der Waals surface area (Å²) < 4.78 is 1.06. The number of hydrogen-bond donors (Lipinski definition) is 1. The molecule has 1 aliphatic heterocycles. The van der Waals surface area contributed by atoms with Gasteiger partial charge in [0.25, 0.3) is 0 Å². The quantitative estimate of drug-likeness (QED) is 0.889. The summed E-state index contributed by atoms with van der Waals surface area (Å²) in [5.41, 5.74) is 1.15. The lowest BCUT2D eigenvalue weighted by atomic mass is 10.1. The van der Waals surface area contributed by atoms with Gasteiger partial charge in [-0.2, -0.15) is 0 Å². The second-order valence-corrected chi connectivity index (χ2v) is 5.22. The number of benzene rings is 1. The standard InChI is InChI=1S/C12H15BrN2O/c1-8(2)15-7-11(14-12(15)16)9-3-5-10(13)6-4-9/h3-6,8,11H,7H2,1-2H3,(H,14,16). The molecule has 4 heteroatoms. The monoisotopic (exact) mass is 282 g/mol. The molecule has 1 heterocycles. The minimum Gasteiger partial charge on any atom is -0.329 e. The Hall–Kier alpha value is -1.03. The van der Waals surface area contributed by atoms with Crippen molar-refractivity contribution >= 4 is 22.0 Å². The Morgan fingerprint density at radius 2 is 2.00 bits per heavy atom. The molecule has 1 unspecified atom stereocenters. The normalized spacial score (nSPS) is 20.4. The largest absolute Gasteiger partial charge is 0.329 e. The number of nitrogens with zero attached hydrogens (tertiary/aromatic N) is 1. The van der Waals surface area contributed by atoms with Gasteiger partial charge in [0.2, 0.25) is 0 Å². The number of carbonyl (C=O) groups excluding carboxylic acids is 1. The molecule has 1 fully saturated rings. The molecule has 0 aliphatic carbocycles. The Labute approximate surface area is 104 Å². The summed E-state index contributed by atoms with van der Waals surface area (Å²) in [6, 6.07) is 8.47. The first-order chi connectivity index (χ1) is 7.58. The van der Waals surface area contributed by atoms with Crippen molar-refractivity contribution < 1.29 is 4.79 Å². The fourth-order valence-electron chi connectivity index (χ4n) is 1.89. The molecule has 3 nitrogen and oxygen atoms in total. The molecule has 1 N–H and O–H groups in total. The third kappa shape index (κ3) is 2.21. The van der Waals surface area contributed by atoms with Gasteiger partial charge in [0.05, 0.1) is 6.04 Å². The fourth-order valence-corrected chi connectivity index (χ4v) is 2.15. The van der Waals surface area contributed by atoms with Crippen LogP contribution in [0.2, 0.25) is 0 Å². The van der Waals surface area contributed by atoms with Crippen LogP contribution in [-0.2, 0) is 0 Å². The lowest BCUT2D eigenvalue weighted by Crippen LogP contribution is -2.33. The summed E-state index contributed by atoms with van der Waals surface area (Å²) in [5.74, 6) is 0. The summed E-state index contributed by atoms with van der Waals surface area (Å²) >= 11 is 3.40. The minimum atomic E-state index is 0.0305. The van der Waals surface area contributed by atoms with Crippen molar-refractivity contribution in [2.75, 3.05) is 6.54 Å². The Kier molecular flexibility index (Phi) is 3.19. The highest BCUT2D eigenvalue weighted by atomic mass is 79.9. The minimum absolute atomic E-state index is 0.0305. The molecule has 1 aromatic rings. The van der Waals surface area contributed by atoms with Crippen molar-refractivity contribution in [2.45, 2.75) is 25.9 Å². The average Bonchev–Trinajstić information content (AvgIpc) is 2.61. The highest BCUT2D eigenvalue weighted by Crippen LogP contribution is 2.23. The van der Waals surface area contributed by atoms with Crippen LogP contribution in [0.1, 0.15) is 25.5 Å². The van der Waals surface area contributed by atoms with E-state index >= 15 is 0 Å². The highest BCUT2D eigenvalue weighted by molar-refractivity contribution is 9.10. The second kappa shape index (κ2) is 4.45. The summed E-state index contributed by atoms with van der Waals surface area (Å²) in [5, 5.41) is 2.99. The molecule has 0 saturated carbocycles. The van der Waals surface area contributed by atoms with Crippen LogP contribution in [0.15, 0.2) is 28.7 Å². The molecule has 1 aliphatic rings. The van der Waals surface area contributed by atoms with Crippen molar-refractivity contribution in [3.05, 3.63) is 34.3 Å². The van der Waals surface area contributed by atoms with Crippen molar-refractivity contribution in [3.63, 3.8) is 0 Å². The third-order valence-corrected chi connectivity index (χ3v) is 3.36. The zero-order valence-electron chi connectivity index (χ0n) is 9.40. The Morgan fingerprint density at radius 1 is 1.38 bits per heavy atom. The Balaban J connectivity index is 2.13. The number of urea groups is 1. The van der Waals surface area contributed by atoms with E-state index in [9.17, 15) is 4.79 Å². The van der Waals surface area contributed by atoms with Gasteiger partial charge in [-0.15, -0.1) is 0 Å². The van der Waals surface area contributed by atoms with E-state index in [0.717, 1.165) is 16.6 Å². The fraction of sp³-hybridized carbons (Fsp3) is 0.417. The van der Waals surface area contributed by atoms with E-state index in [0.29, 0.717) is 0 Å². The van der Waals surface area contributed by atoms with Gasteiger partial charge in [0.15, 0.2) is 0 Å². The van der Waals surface area contributed by atoms with Crippen LogP contribution in [-0.4, -0.2) is 23.5 Å². The number of nitrogens with one attached hydrogen (secondary N) is 1. The molecule has 16 heavy (non-hydrogen) atoms. The summed E-state index contributed by atoms with van der Waals surface area (Å²) in [6.45, 7) is 4.81. The lowest BCUT2D eigenvalue weighted by molar-refractivity contribution is 0.206. The van der Waals surface area contributed by atoms with Gasteiger partial charge in [0, 0.05) is 17.1 Å². The first-order valence-corrected chi connectivity index (χ1v) is 6.20. The molecule has 0 spiro atoms. The van der Waals surface area contributed by atoms with Gasteiger partial charge >= 0.3 is 6.03 Å². The van der Waals surface area contributed by atoms with E-state index in [4.69, 9.17) is 0 Å². The third-order valence-electron chi connectivity index (χ3n) is 2.83. The molecular weight excluding hydrogens is 268 g/mol. The van der Waals surface area contributed by atoms with E-state index in [2.05, 4.69) is 21.2 Å². The van der Waals surface area contributed by atoms with E-state index in [1.54, 1.807) is 0 Å². The second-order valence-electron chi connectivity index (χ2n) is 4.30. The SMILES string of the molecule is CC(C)N1CC(c2ccc(Br)cc2)NC1=O. The molecule has 0 aromatic heterocycles. The number of hydrogen-bond acceptors (Lipinski definition) is 1. The highest BCUT2D eigenvalue weighted by Gasteiger charge is 2.30. The van der Waals surface area contributed by atoms with Gasteiger partial charge in [-0.25, -0.2) is 4.79 Å². The zero-order valence-corrected chi connectivity index (χ0v) is 11.0. The van der Waals surface area contributed by atoms with Gasteiger partial charge in [-0.1, -0.05) is 28.1 Å². The predicted octanol–water partition coefficient (Wildman–Crippen LogP) is 2.92. The maximum absolute atomic E-state index is 11.7. The Morgan fingerprint density at radius 3 is 2.50 bits per heavy atom. The molecule has 0 bridgehead atoms. The molecule has 1 aromatic carbocycles. The average molecular weight is 283 g/mol. The van der Waals surface area contributed by atoms with Gasteiger partial charge in [-0.3, -0.25) is 0 Å². The molecule has 86 valence electrons. The molecule has 1 atom stereocenters. The van der Waals surface area contributed by atoms with E-state index in [1.165, 1.54) is 0 Å². The van der Waals surface area contributed by atoms with Crippen LogP contribution in [0.3, 0.4) is 0 Å². The molecule has 2 rings (SSSR count). The van der Waals surface area contributed by atoms with Crippen molar-refractivity contribution in [1.82, 2.24) is 10.2 Å². The van der Waals surface area contributed by atoms with Crippen molar-refractivity contribution in [2.24, 2.45) is 0 Å². The molecule has 2 amide bonds. The number of carbonyl (C=O) groups is 1. The van der Waals surface area contributed by atoms with Gasteiger partial charge in [-0.05, 0) is 31.5 Å². The smallest absolute Gasteiger partial charge is 0.318 e. The summed E-state index contributed by atoms with van der Waals surface area (Å²) in [4.78, 5) is 13.5. The van der Waals surface area contributed by atoms with E-state index < -0.39 is 0 Å². The van der Waals surface area contributed by atoms with E-state index in [1.807, 2.05) is 43.0 Å². The Bertz CT molecular complexity index is 389. The zero-order chi connectivity index (χ0) is 11.7. The molecule has 1 saturated heterocycles. The molecule has 0 radical (unpaired) electrons. The van der Waals surface area contributed by atoms with Crippen LogP contribution < -0.4 is 5.32 Å². The topological polar surface area (TPSA) is 32.3 Å². The van der Waals surface area contributed by atoms with Crippen LogP contribution in [0, 0.1) is 0 Å². The van der Waals surface area contributed by atoms with Crippen molar-refractivity contribution in [3.8, 4) is 0 Å². The van der Waals surface area contributed by atoms with Gasteiger partial charge < -0.3 is 10.2 Å². The lowest BCUT2D eigenvalue weighted by Gasteiger charge is -2.18. The number of amides is 2. The van der Waals surface area contributed by atoms with Crippen LogP contribution in [0.25, 0.3) is 0 Å². The summed E-state index contributed by atoms with van der Waals surface area (Å²) in [6.07, 6.45) is 0. The molecular formula is C12H15BrN2O. The number of halogens is 1. The first kappa shape index (κ1) is 11.5.